The number of aryl methyl sites for hydroxylation is 1. The Bertz CT molecular complexity index is 1390. The minimum absolute atomic E-state index is 0.217. The number of nitrogens with zero attached hydrogens (tertiary/aromatic N) is 1. The molecule has 0 spiro atoms. The van der Waals surface area contributed by atoms with E-state index in [1.165, 1.54) is 19.1 Å². The van der Waals surface area contributed by atoms with Crippen molar-refractivity contribution >= 4 is 28.4 Å². The van der Waals surface area contributed by atoms with E-state index in [0.717, 1.165) is 24.3 Å². The van der Waals surface area contributed by atoms with Gasteiger partial charge in [-0.2, -0.15) is 26.3 Å². The van der Waals surface area contributed by atoms with Gasteiger partial charge in [0.2, 0.25) is 5.41 Å². The van der Waals surface area contributed by atoms with E-state index in [1.807, 2.05) is 0 Å². The van der Waals surface area contributed by atoms with Crippen LogP contribution in [0.3, 0.4) is 0 Å². The van der Waals surface area contributed by atoms with Gasteiger partial charge in [0.1, 0.15) is 0 Å². The molecular weight excluding hydrogens is 504 g/mol. The number of nitrogens with one attached hydrogen (secondary N) is 1. The lowest BCUT2D eigenvalue weighted by atomic mass is 9.72. The normalized spacial score (nSPS) is 12.3. The first-order chi connectivity index (χ1) is 17.9. The number of hydrogen-bond donors (Lipinski definition) is 2. The Morgan fingerprint density at radius 2 is 1.21 bits per heavy atom. The van der Waals surface area contributed by atoms with E-state index in [0.29, 0.717) is 17.1 Å². The van der Waals surface area contributed by atoms with Gasteiger partial charge in [-0.15, -0.1) is 0 Å². The fourth-order valence-electron chi connectivity index (χ4n) is 4.58. The number of rotatable bonds is 6. The Morgan fingerprint density at radius 1 is 0.684 bits per heavy atom. The maximum absolute atomic E-state index is 14.7. The predicted molar refractivity (Wildman–Crippen MR) is 139 cm³/mol. The lowest BCUT2D eigenvalue weighted by Crippen LogP contribution is -2.54. The van der Waals surface area contributed by atoms with E-state index < -0.39 is 28.9 Å². The highest BCUT2D eigenvalue weighted by atomic mass is 19.4. The molecule has 0 atom stereocenters. The molecule has 0 saturated heterocycles. The summed E-state index contributed by atoms with van der Waals surface area (Å²) >= 11 is 0. The van der Waals surface area contributed by atoms with E-state index in [1.54, 1.807) is 72.6 Å². The second-order valence-corrected chi connectivity index (χ2v) is 8.93. The van der Waals surface area contributed by atoms with Gasteiger partial charge in [-0.25, -0.2) is 0 Å². The molecule has 38 heavy (non-hydrogen) atoms. The summed E-state index contributed by atoms with van der Waals surface area (Å²) in [4.78, 5) is 1.59. The molecule has 0 bridgehead atoms. The summed E-state index contributed by atoms with van der Waals surface area (Å²) in [6.07, 6.45) is -11.4. The second kappa shape index (κ2) is 9.96. The van der Waals surface area contributed by atoms with Crippen LogP contribution in [0.15, 0.2) is 97.1 Å². The van der Waals surface area contributed by atoms with Crippen LogP contribution in [0.25, 0.3) is 0 Å². The Balaban J connectivity index is 1.85. The minimum atomic E-state index is -5.72. The molecule has 3 N–H and O–H groups in total. The van der Waals surface area contributed by atoms with Crippen molar-refractivity contribution in [1.29, 1.82) is 0 Å². The molecule has 0 amide bonds. The first kappa shape index (κ1) is 26.9. The van der Waals surface area contributed by atoms with Crippen LogP contribution in [0.5, 0.6) is 0 Å². The number of nitrogens with two attached hydrogens (primary N) is 1. The molecule has 4 aromatic carbocycles. The van der Waals surface area contributed by atoms with Gasteiger partial charge in [0, 0.05) is 24.1 Å². The molecule has 3 nitrogen and oxygen atoms in total. The topological polar surface area (TPSA) is 41.3 Å². The number of para-hydroxylation sites is 2. The zero-order valence-corrected chi connectivity index (χ0v) is 20.5. The standard InChI is InChI=1S/C29H25F6N3/c1-19-17-20(13-15-25(19)37-22-9-5-3-6-10-22)27(28(30,31)32,29(33,34)35)21-14-16-26(24(36)18-21)38(2)23-11-7-4-8-12-23/h3-18,37H,36H2,1-2H3. The van der Waals surface area contributed by atoms with Crippen molar-refractivity contribution in [2.75, 3.05) is 23.0 Å². The molecule has 0 aliphatic heterocycles. The van der Waals surface area contributed by atoms with Crippen molar-refractivity contribution in [2.24, 2.45) is 0 Å². The molecule has 0 radical (unpaired) electrons. The van der Waals surface area contributed by atoms with Crippen LogP contribution in [0.4, 0.5) is 54.8 Å². The van der Waals surface area contributed by atoms with E-state index in [-0.39, 0.29) is 16.9 Å². The number of benzene rings is 4. The largest absolute Gasteiger partial charge is 0.411 e. The van der Waals surface area contributed by atoms with E-state index in [9.17, 15) is 26.3 Å². The second-order valence-electron chi connectivity index (χ2n) is 8.93. The summed E-state index contributed by atoms with van der Waals surface area (Å²) in [5, 5.41) is 3.02. The third-order valence-corrected chi connectivity index (χ3v) is 6.53. The van der Waals surface area contributed by atoms with Gasteiger partial charge in [-0.1, -0.05) is 54.6 Å². The van der Waals surface area contributed by atoms with Crippen LogP contribution in [0, 0.1) is 6.92 Å². The van der Waals surface area contributed by atoms with Crippen LogP contribution in [0.1, 0.15) is 16.7 Å². The zero-order valence-electron chi connectivity index (χ0n) is 20.5. The summed E-state index contributed by atoms with van der Waals surface area (Å²) in [6.45, 7) is 1.46. The van der Waals surface area contributed by atoms with Gasteiger partial charge in [0.05, 0.1) is 11.4 Å². The molecule has 4 aromatic rings. The fraction of sp³-hybridized carbons (Fsp3) is 0.172. The summed E-state index contributed by atoms with van der Waals surface area (Å²) in [7, 11) is 1.63. The molecule has 198 valence electrons. The molecule has 4 rings (SSSR count). The highest BCUT2D eigenvalue weighted by molar-refractivity contribution is 5.76. The Morgan fingerprint density at radius 3 is 1.74 bits per heavy atom. The zero-order chi connectivity index (χ0) is 27.7. The van der Waals surface area contributed by atoms with Gasteiger partial charge >= 0.3 is 12.4 Å². The summed E-state index contributed by atoms with van der Waals surface area (Å²) in [6, 6.07) is 23.4. The Labute approximate surface area is 216 Å². The maximum atomic E-state index is 14.7. The van der Waals surface area contributed by atoms with Gasteiger partial charge < -0.3 is 16.0 Å². The van der Waals surface area contributed by atoms with Crippen LogP contribution < -0.4 is 16.0 Å². The van der Waals surface area contributed by atoms with Crippen molar-refractivity contribution in [2.45, 2.75) is 24.7 Å². The number of nitrogen functional groups attached to an aromatic ring is 1. The lowest BCUT2D eigenvalue weighted by Gasteiger charge is -2.39. The first-order valence-corrected chi connectivity index (χ1v) is 11.6. The van der Waals surface area contributed by atoms with Gasteiger partial charge in [-0.3, -0.25) is 0 Å². The predicted octanol–water partition coefficient (Wildman–Crippen LogP) is 8.50. The average Bonchev–Trinajstić information content (AvgIpc) is 2.85. The Hall–Kier alpha value is -4.14. The molecule has 0 unspecified atom stereocenters. The highest BCUT2D eigenvalue weighted by Gasteiger charge is 2.72. The van der Waals surface area contributed by atoms with E-state index in [2.05, 4.69) is 5.32 Å². The molecule has 0 saturated carbocycles. The Kier molecular flexibility index (Phi) is 7.06. The van der Waals surface area contributed by atoms with Crippen molar-refractivity contribution in [3.63, 3.8) is 0 Å². The van der Waals surface area contributed by atoms with Crippen LogP contribution in [0.2, 0.25) is 0 Å². The van der Waals surface area contributed by atoms with Crippen LogP contribution in [-0.2, 0) is 5.41 Å². The summed E-state index contributed by atoms with van der Waals surface area (Å²) in [5.74, 6) is 0. The molecule has 0 aliphatic rings. The monoisotopic (exact) mass is 529 g/mol. The number of halogens is 6. The average molecular weight is 530 g/mol. The fourth-order valence-corrected chi connectivity index (χ4v) is 4.58. The minimum Gasteiger partial charge on any atom is -0.397 e. The first-order valence-electron chi connectivity index (χ1n) is 11.6. The highest BCUT2D eigenvalue weighted by Crippen LogP contribution is 2.57. The number of anilines is 5. The van der Waals surface area contributed by atoms with Crippen molar-refractivity contribution in [3.05, 3.63) is 114 Å². The van der Waals surface area contributed by atoms with Gasteiger partial charge in [0.15, 0.2) is 0 Å². The number of alkyl halides is 6. The van der Waals surface area contributed by atoms with Crippen LogP contribution in [-0.4, -0.2) is 19.4 Å². The summed E-state index contributed by atoms with van der Waals surface area (Å²) < 4.78 is 88.1. The van der Waals surface area contributed by atoms with Crippen molar-refractivity contribution < 1.29 is 26.3 Å². The third kappa shape index (κ3) is 4.76. The molecular formula is C29H25F6N3. The third-order valence-electron chi connectivity index (χ3n) is 6.53. The summed E-state index contributed by atoms with van der Waals surface area (Å²) in [5.41, 5.74) is 1.80. The lowest BCUT2D eigenvalue weighted by molar-refractivity contribution is -0.288. The van der Waals surface area contributed by atoms with Crippen molar-refractivity contribution in [3.8, 4) is 0 Å². The van der Waals surface area contributed by atoms with Gasteiger partial charge in [0.25, 0.3) is 0 Å². The SMILES string of the molecule is Cc1cc(C(c2ccc(N(C)c3ccccc3)c(N)c2)(C(F)(F)F)C(F)(F)F)ccc1Nc1ccccc1. The maximum Gasteiger partial charge on any atom is 0.411 e. The van der Waals surface area contributed by atoms with Crippen molar-refractivity contribution in [1.82, 2.24) is 0 Å². The van der Waals surface area contributed by atoms with E-state index in [4.69, 9.17) is 5.73 Å². The molecule has 9 heteroatoms. The molecule has 0 aromatic heterocycles. The molecule has 0 aliphatic carbocycles. The number of hydrogen-bond acceptors (Lipinski definition) is 3. The molecule has 0 heterocycles. The van der Waals surface area contributed by atoms with Crippen LogP contribution >= 0.6 is 0 Å². The molecule has 0 fully saturated rings. The quantitative estimate of drug-likeness (QED) is 0.194. The van der Waals surface area contributed by atoms with E-state index >= 15 is 0 Å². The van der Waals surface area contributed by atoms with Gasteiger partial charge in [-0.05, 0) is 66.1 Å². The smallest absolute Gasteiger partial charge is 0.397 e.